The lowest BCUT2D eigenvalue weighted by Gasteiger charge is -2.34. The van der Waals surface area contributed by atoms with Crippen molar-refractivity contribution in [2.45, 2.75) is 45.6 Å². The molecule has 0 amide bonds. The van der Waals surface area contributed by atoms with Crippen molar-refractivity contribution in [1.82, 2.24) is 9.97 Å². The highest BCUT2D eigenvalue weighted by molar-refractivity contribution is 5.36. The average molecular weight is 246 g/mol. The summed E-state index contributed by atoms with van der Waals surface area (Å²) in [6.45, 7) is 6.73. The molecular weight excluding hydrogens is 224 g/mol. The number of rotatable bonds is 1. The van der Waals surface area contributed by atoms with Crippen molar-refractivity contribution in [2.75, 3.05) is 18.0 Å². The second kappa shape index (κ2) is 4.19. The summed E-state index contributed by atoms with van der Waals surface area (Å²) in [4.78, 5) is 11.6. The van der Waals surface area contributed by atoms with E-state index in [0.29, 0.717) is 0 Å². The van der Waals surface area contributed by atoms with E-state index in [1.54, 1.807) is 0 Å². The molecule has 2 aliphatic rings. The molecule has 1 saturated heterocycles. The summed E-state index contributed by atoms with van der Waals surface area (Å²) >= 11 is 0. The molecule has 4 nitrogen and oxygen atoms in total. The van der Waals surface area contributed by atoms with Crippen LogP contribution < -0.4 is 10.6 Å². The van der Waals surface area contributed by atoms with Crippen molar-refractivity contribution < 1.29 is 0 Å². The van der Waals surface area contributed by atoms with Crippen molar-refractivity contribution in [3.63, 3.8) is 0 Å². The zero-order chi connectivity index (χ0) is 12.8. The zero-order valence-corrected chi connectivity index (χ0v) is 11.3. The standard InChI is InChI=1S/C14H22N4/c1-14(2)7-11(15)10-9-16-13(17-12(10)8-14)18-5-3-4-6-18/h9,11H,3-8,15H2,1-2H3. The Bertz CT molecular complexity index is 449. The number of nitrogens with two attached hydrogens (primary N) is 1. The van der Waals surface area contributed by atoms with E-state index in [1.807, 2.05) is 6.20 Å². The van der Waals surface area contributed by atoms with Crippen LogP contribution in [0.2, 0.25) is 0 Å². The van der Waals surface area contributed by atoms with E-state index < -0.39 is 0 Å². The average Bonchev–Trinajstić information content (AvgIpc) is 2.79. The second-order valence-electron chi connectivity index (χ2n) is 6.42. The van der Waals surface area contributed by atoms with Gasteiger partial charge in [0.05, 0.1) is 5.69 Å². The SMILES string of the molecule is CC1(C)Cc2nc(N3CCCC3)ncc2C(N)C1. The summed E-state index contributed by atoms with van der Waals surface area (Å²) in [6.07, 6.45) is 6.50. The minimum Gasteiger partial charge on any atom is -0.341 e. The van der Waals surface area contributed by atoms with Gasteiger partial charge in [-0.25, -0.2) is 9.97 Å². The maximum atomic E-state index is 6.23. The van der Waals surface area contributed by atoms with E-state index in [2.05, 4.69) is 23.7 Å². The van der Waals surface area contributed by atoms with Gasteiger partial charge in [-0.15, -0.1) is 0 Å². The molecule has 1 aromatic heterocycles. The van der Waals surface area contributed by atoms with Gasteiger partial charge in [0.1, 0.15) is 0 Å². The molecule has 0 saturated carbocycles. The van der Waals surface area contributed by atoms with Gasteiger partial charge in [0, 0.05) is 30.9 Å². The monoisotopic (exact) mass is 246 g/mol. The molecule has 1 atom stereocenters. The smallest absolute Gasteiger partial charge is 0.225 e. The maximum absolute atomic E-state index is 6.23. The van der Waals surface area contributed by atoms with Crippen LogP contribution in [0.15, 0.2) is 6.20 Å². The molecule has 1 aromatic rings. The van der Waals surface area contributed by atoms with Gasteiger partial charge < -0.3 is 10.6 Å². The topological polar surface area (TPSA) is 55.0 Å². The van der Waals surface area contributed by atoms with Crippen LogP contribution in [0.5, 0.6) is 0 Å². The van der Waals surface area contributed by atoms with Gasteiger partial charge in [0.15, 0.2) is 0 Å². The number of hydrogen-bond acceptors (Lipinski definition) is 4. The number of anilines is 1. The van der Waals surface area contributed by atoms with Crippen molar-refractivity contribution >= 4 is 5.95 Å². The lowest BCUT2D eigenvalue weighted by atomic mass is 9.74. The van der Waals surface area contributed by atoms with E-state index in [1.165, 1.54) is 12.8 Å². The molecule has 2 heterocycles. The lowest BCUT2D eigenvalue weighted by Crippen LogP contribution is -2.32. The molecule has 1 aliphatic carbocycles. The van der Waals surface area contributed by atoms with Crippen molar-refractivity contribution in [1.29, 1.82) is 0 Å². The highest BCUT2D eigenvalue weighted by atomic mass is 15.3. The third-order valence-electron chi connectivity index (χ3n) is 4.09. The van der Waals surface area contributed by atoms with E-state index in [9.17, 15) is 0 Å². The molecule has 1 unspecified atom stereocenters. The number of hydrogen-bond donors (Lipinski definition) is 1. The Balaban J connectivity index is 1.94. The fourth-order valence-corrected chi connectivity index (χ4v) is 3.17. The Labute approximate surface area is 109 Å². The third kappa shape index (κ3) is 2.09. The van der Waals surface area contributed by atoms with Gasteiger partial charge >= 0.3 is 0 Å². The second-order valence-corrected chi connectivity index (χ2v) is 6.42. The van der Waals surface area contributed by atoms with Crippen molar-refractivity contribution in [3.05, 3.63) is 17.5 Å². The van der Waals surface area contributed by atoms with Crippen LogP contribution >= 0.6 is 0 Å². The first-order valence-corrected chi connectivity index (χ1v) is 6.91. The number of nitrogens with zero attached hydrogens (tertiary/aromatic N) is 3. The van der Waals surface area contributed by atoms with Gasteiger partial charge in [-0.3, -0.25) is 0 Å². The van der Waals surface area contributed by atoms with Crippen LogP contribution in [0, 0.1) is 5.41 Å². The summed E-state index contributed by atoms with van der Waals surface area (Å²) in [5.74, 6) is 0.899. The van der Waals surface area contributed by atoms with E-state index in [4.69, 9.17) is 10.7 Å². The first-order chi connectivity index (χ1) is 8.55. The van der Waals surface area contributed by atoms with E-state index in [0.717, 1.165) is 43.1 Å². The fourth-order valence-electron chi connectivity index (χ4n) is 3.17. The minimum absolute atomic E-state index is 0.0939. The molecule has 3 rings (SSSR count). The van der Waals surface area contributed by atoms with Crippen LogP contribution in [0.1, 0.15) is 50.4 Å². The molecule has 0 bridgehead atoms. The molecular formula is C14H22N4. The summed E-state index contributed by atoms with van der Waals surface area (Å²) in [7, 11) is 0. The summed E-state index contributed by atoms with van der Waals surface area (Å²) in [5, 5.41) is 0. The predicted molar refractivity (Wildman–Crippen MR) is 72.5 cm³/mol. The minimum atomic E-state index is 0.0939. The number of fused-ring (bicyclic) bond motifs is 1. The Morgan fingerprint density at radius 3 is 2.78 bits per heavy atom. The molecule has 1 aliphatic heterocycles. The van der Waals surface area contributed by atoms with Crippen molar-refractivity contribution in [3.8, 4) is 0 Å². The molecule has 2 N–H and O–H groups in total. The van der Waals surface area contributed by atoms with Gasteiger partial charge in [-0.1, -0.05) is 13.8 Å². The molecule has 1 fully saturated rings. The van der Waals surface area contributed by atoms with E-state index >= 15 is 0 Å². The normalized spacial score (nSPS) is 26.2. The highest BCUT2D eigenvalue weighted by Crippen LogP contribution is 2.38. The zero-order valence-electron chi connectivity index (χ0n) is 11.3. The molecule has 0 aromatic carbocycles. The quantitative estimate of drug-likeness (QED) is 0.824. The Hall–Kier alpha value is -1.16. The van der Waals surface area contributed by atoms with Crippen LogP contribution in [0.4, 0.5) is 5.95 Å². The van der Waals surface area contributed by atoms with Gasteiger partial charge in [-0.05, 0) is 31.1 Å². The summed E-state index contributed by atoms with van der Waals surface area (Å²) < 4.78 is 0. The van der Waals surface area contributed by atoms with E-state index in [-0.39, 0.29) is 11.5 Å². The van der Waals surface area contributed by atoms with Crippen LogP contribution in [-0.2, 0) is 6.42 Å². The van der Waals surface area contributed by atoms with Crippen LogP contribution in [0.25, 0.3) is 0 Å². The molecule has 18 heavy (non-hydrogen) atoms. The number of aromatic nitrogens is 2. The summed E-state index contributed by atoms with van der Waals surface area (Å²) in [6, 6.07) is 0.0939. The third-order valence-corrected chi connectivity index (χ3v) is 4.09. The lowest BCUT2D eigenvalue weighted by molar-refractivity contribution is 0.278. The van der Waals surface area contributed by atoms with Crippen LogP contribution in [0.3, 0.4) is 0 Å². The first-order valence-electron chi connectivity index (χ1n) is 6.91. The molecule has 4 heteroatoms. The molecule has 0 radical (unpaired) electrons. The van der Waals surface area contributed by atoms with Gasteiger partial charge in [0.25, 0.3) is 0 Å². The first kappa shape index (κ1) is 11.9. The van der Waals surface area contributed by atoms with Crippen LogP contribution in [-0.4, -0.2) is 23.1 Å². The summed E-state index contributed by atoms with van der Waals surface area (Å²) in [5.41, 5.74) is 8.80. The van der Waals surface area contributed by atoms with Gasteiger partial charge in [0.2, 0.25) is 5.95 Å². The Morgan fingerprint density at radius 1 is 1.33 bits per heavy atom. The fraction of sp³-hybridized carbons (Fsp3) is 0.714. The molecule has 0 spiro atoms. The van der Waals surface area contributed by atoms with Crippen molar-refractivity contribution in [2.24, 2.45) is 11.1 Å². The highest BCUT2D eigenvalue weighted by Gasteiger charge is 2.32. The predicted octanol–water partition coefficient (Wildman–Crippen LogP) is 2.05. The largest absolute Gasteiger partial charge is 0.341 e. The Morgan fingerprint density at radius 2 is 2.06 bits per heavy atom. The maximum Gasteiger partial charge on any atom is 0.225 e. The Kier molecular flexibility index (Phi) is 2.77. The molecule has 98 valence electrons. The van der Waals surface area contributed by atoms with Gasteiger partial charge in [-0.2, -0.15) is 0 Å².